The number of amides is 2. The lowest BCUT2D eigenvalue weighted by Crippen LogP contribution is -2.24. The number of ether oxygens (including phenoxy) is 1. The summed E-state index contributed by atoms with van der Waals surface area (Å²) in [6.07, 6.45) is 1.51. The number of benzene rings is 2. The summed E-state index contributed by atoms with van der Waals surface area (Å²) in [5.74, 6) is 0.622. The van der Waals surface area contributed by atoms with E-state index >= 15 is 0 Å². The molecule has 0 saturated carbocycles. The van der Waals surface area contributed by atoms with E-state index in [1.807, 2.05) is 38.1 Å². The van der Waals surface area contributed by atoms with E-state index < -0.39 is 6.03 Å². The number of para-hydroxylation sites is 1. The Balaban J connectivity index is 1.92. The van der Waals surface area contributed by atoms with Crippen molar-refractivity contribution in [2.75, 3.05) is 11.9 Å². The lowest BCUT2D eigenvalue weighted by Gasteiger charge is -2.07. The molecule has 0 radical (unpaired) electrons. The molecule has 0 unspecified atom stereocenters. The Hall–Kier alpha value is -2.53. The standard InChI is InChI=1S/C17H18ClN3O2/c1-3-23-16-9-8-13(10-14(16)18)11-19-21-17(22)20-15-7-5-4-6-12(15)2/h4-11H,3H2,1-2H3,(H2,20,21,22)/b19-11-. The zero-order valence-corrected chi connectivity index (χ0v) is 13.7. The molecule has 0 bridgehead atoms. The van der Waals surface area contributed by atoms with E-state index in [1.54, 1.807) is 18.2 Å². The van der Waals surface area contributed by atoms with Crippen molar-refractivity contribution in [3.8, 4) is 5.75 Å². The number of urea groups is 1. The van der Waals surface area contributed by atoms with Gasteiger partial charge in [0.15, 0.2) is 0 Å². The molecule has 0 aliphatic heterocycles. The normalized spacial score (nSPS) is 10.6. The molecule has 2 aromatic carbocycles. The molecule has 2 aromatic rings. The van der Waals surface area contributed by atoms with Crippen molar-refractivity contribution in [2.45, 2.75) is 13.8 Å². The summed E-state index contributed by atoms with van der Waals surface area (Å²) in [4.78, 5) is 11.8. The average Bonchev–Trinajstić information content (AvgIpc) is 2.52. The van der Waals surface area contributed by atoms with Crippen LogP contribution >= 0.6 is 11.6 Å². The minimum absolute atomic E-state index is 0.410. The Morgan fingerprint density at radius 1 is 1.30 bits per heavy atom. The lowest BCUT2D eigenvalue weighted by atomic mass is 10.2. The predicted molar refractivity (Wildman–Crippen MR) is 93.5 cm³/mol. The van der Waals surface area contributed by atoms with Gasteiger partial charge in [-0.3, -0.25) is 0 Å². The van der Waals surface area contributed by atoms with Crippen molar-refractivity contribution < 1.29 is 9.53 Å². The van der Waals surface area contributed by atoms with Crippen LogP contribution in [0.15, 0.2) is 47.6 Å². The van der Waals surface area contributed by atoms with Gasteiger partial charge < -0.3 is 10.1 Å². The van der Waals surface area contributed by atoms with Crippen LogP contribution in [0.4, 0.5) is 10.5 Å². The van der Waals surface area contributed by atoms with Crippen molar-refractivity contribution in [1.29, 1.82) is 0 Å². The number of hydrazone groups is 1. The molecule has 0 aromatic heterocycles. The van der Waals surface area contributed by atoms with Crippen LogP contribution in [0.1, 0.15) is 18.1 Å². The van der Waals surface area contributed by atoms with Crippen LogP contribution in [-0.2, 0) is 0 Å². The van der Waals surface area contributed by atoms with Gasteiger partial charge in [0.05, 0.1) is 17.8 Å². The smallest absolute Gasteiger partial charge is 0.339 e. The highest BCUT2D eigenvalue weighted by atomic mass is 35.5. The fourth-order valence-corrected chi connectivity index (χ4v) is 2.14. The number of carbonyl (C=O) groups is 1. The Morgan fingerprint density at radius 2 is 2.09 bits per heavy atom. The maximum Gasteiger partial charge on any atom is 0.339 e. The van der Waals surface area contributed by atoms with Gasteiger partial charge in [0.25, 0.3) is 0 Å². The highest BCUT2D eigenvalue weighted by Gasteiger charge is 2.03. The highest BCUT2D eigenvalue weighted by Crippen LogP contribution is 2.24. The van der Waals surface area contributed by atoms with Gasteiger partial charge in [-0.15, -0.1) is 0 Å². The van der Waals surface area contributed by atoms with Crippen molar-refractivity contribution in [1.82, 2.24) is 5.43 Å². The van der Waals surface area contributed by atoms with Crippen LogP contribution in [0.25, 0.3) is 0 Å². The number of carbonyl (C=O) groups excluding carboxylic acids is 1. The quantitative estimate of drug-likeness (QED) is 0.637. The van der Waals surface area contributed by atoms with E-state index in [1.165, 1.54) is 6.21 Å². The van der Waals surface area contributed by atoms with Gasteiger partial charge in [0.2, 0.25) is 0 Å². The van der Waals surface area contributed by atoms with Gasteiger partial charge in [0.1, 0.15) is 5.75 Å². The van der Waals surface area contributed by atoms with Crippen molar-refractivity contribution in [3.05, 3.63) is 58.6 Å². The minimum Gasteiger partial charge on any atom is -0.492 e. The Bertz CT molecular complexity index is 717. The molecule has 5 nitrogen and oxygen atoms in total. The van der Waals surface area contributed by atoms with Crippen LogP contribution in [0, 0.1) is 6.92 Å². The first kappa shape index (κ1) is 16.8. The Kier molecular flexibility index (Phi) is 6.00. The topological polar surface area (TPSA) is 62.7 Å². The summed E-state index contributed by atoms with van der Waals surface area (Å²) >= 11 is 6.09. The monoisotopic (exact) mass is 331 g/mol. The number of halogens is 1. The third-order valence-electron chi connectivity index (χ3n) is 3.03. The average molecular weight is 332 g/mol. The number of rotatable bonds is 5. The summed E-state index contributed by atoms with van der Waals surface area (Å²) < 4.78 is 5.36. The maximum atomic E-state index is 11.8. The second kappa shape index (κ2) is 8.19. The molecule has 0 heterocycles. The van der Waals surface area contributed by atoms with E-state index in [-0.39, 0.29) is 0 Å². The summed E-state index contributed by atoms with van der Waals surface area (Å²) in [5.41, 5.74) is 4.89. The van der Waals surface area contributed by atoms with Gasteiger partial charge in [-0.25, -0.2) is 10.2 Å². The highest BCUT2D eigenvalue weighted by molar-refractivity contribution is 6.32. The molecule has 0 aliphatic rings. The molecule has 0 fully saturated rings. The maximum absolute atomic E-state index is 11.8. The molecule has 23 heavy (non-hydrogen) atoms. The number of aryl methyl sites for hydroxylation is 1. The van der Waals surface area contributed by atoms with Crippen LogP contribution in [0.3, 0.4) is 0 Å². The van der Waals surface area contributed by atoms with E-state index in [4.69, 9.17) is 16.3 Å². The molecule has 0 saturated heterocycles. The molecule has 0 aliphatic carbocycles. The molecule has 0 spiro atoms. The van der Waals surface area contributed by atoms with Crippen molar-refractivity contribution in [2.24, 2.45) is 5.10 Å². The number of hydrogen-bond donors (Lipinski definition) is 2. The zero-order valence-electron chi connectivity index (χ0n) is 13.0. The van der Waals surface area contributed by atoms with Gasteiger partial charge in [-0.2, -0.15) is 5.10 Å². The third-order valence-corrected chi connectivity index (χ3v) is 3.32. The van der Waals surface area contributed by atoms with Gasteiger partial charge in [-0.1, -0.05) is 29.8 Å². The first-order chi connectivity index (χ1) is 11.1. The number of nitrogens with one attached hydrogen (secondary N) is 2. The second-order valence-corrected chi connectivity index (χ2v) is 5.17. The number of anilines is 1. The van der Waals surface area contributed by atoms with Crippen LogP contribution in [0.5, 0.6) is 5.75 Å². The molecule has 6 heteroatoms. The van der Waals surface area contributed by atoms with Crippen molar-refractivity contribution >= 4 is 29.5 Å². The molecule has 2 rings (SSSR count). The minimum atomic E-state index is -0.410. The first-order valence-corrected chi connectivity index (χ1v) is 7.56. The zero-order chi connectivity index (χ0) is 16.7. The van der Waals surface area contributed by atoms with Gasteiger partial charge in [-0.05, 0) is 49.2 Å². The Labute approximate surface area is 140 Å². The fraction of sp³-hybridized carbons (Fsp3) is 0.176. The van der Waals surface area contributed by atoms with Crippen LogP contribution in [0.2, 0.25) is 5.02 Å². The predicted octanol–water partition coefficient (Wildman–Crippen LogP) is 4.20. The molecule has 0 atom stereocenters. The summed E-state index contributed by atoms with van der Waals surface area (Å²) in [7, 11) is 0. The molecule has 2 amide bonds. The third kappa shape index (κ3) is 5.00. The molecule has 120 valence electrons. The summed E-state index contributed by atoms with van der Waals surface area (Å²) in [6.45, 7) is 4.36. The fourth-order valence-electron chi connectivity index (χ4n) is 1.90. The largest absolute Gasteiger partial charge is 0.492 e. The molecule has 2 N–H and O–H groups in total. The Morgan fingerprint density at radius 3 is 2.78 bits per heavy atom. The van der Waals surface area contributed by atoms with Crippen molar-refractivity contribution in [3.63, 3.8) is 0 Å². The van der Waals surface area contributed by atoms with Crippen LogP contribution in [-0.4, -0.2) is 18.9 Å². The first-order valence-electron chi connectivity index (χ1n) is 7.18. The molecular weight excluding hydrogens is 314 g/mol. The van der Waals surface area contributed by atoms with Crippen LogP contribution < -0.4 is 15.5 Å². The van der Waals surface area contributed by atoms with E-state index in [9.17, 15) is 4.79 Å². The second-order valence-electron chi connectivity index (χ2n) is 4.76. The van der Waals surface area contributed by atoms with E-state index in [2.05, 4.69) is 15.8 Å². The summed E-state index contributed by atoms with van der Waals surface area (Å²) in [6, 6.07) is 12.4. The number of nitrogens with zero attached hydrogens (tertiary/aromatic N) is 1. The molecular formula is C17H18ClN3O2. The van der Waals surface area contributed by atoms with Gasteiger partial charge >= 0.3 is 6.03 Å². The van der Waals surface area contributed by atoms with E-state index in [0.717, 1.165) is 16.8 Å². The lowest BCUT2D eigenvalue weighted by molar-refractivity contribution is 0.252. The SMILES string of the molecule is CCOc1ccc(/C=N\NC(=O)Nc2ccccc2C)cc1Cl. The number of hydrogen-bond acceptors (Lipinski definition) is 3. The van der Waals surface area contributed by atoms with Gasteiger partial charge in [0, 0.05) is 5.69 Å². The van der Waals surface area contributed by atoms with E-state index in [0.29, 0.717) is 17.4 Å². The summed E-state index contributed by atoms with van der Waals surface area (Å²) in [5, 5.41) is 7.12.